The van der Waals surface area contributed by atoms with Crippen molar-refractivity contribution in [3.8, 4) is 0 Å². The molecule has 1 N–H and O–H groups in total. The Kier molecular flexibility index (Phi) is 5.96. The quantitative estimate of drug-likeness (QED) is 0.661. The van der Waals surface area contributed by atoms with E-state index in [0.717, 1.165) is 5.69 Å². The maximum absolute atomic E-state index is 12.6. The van der Waals surface area contributed by atoms with Gasteiger partial charge in [-0.1, -0.05) is 24.3 Å². The van der Waals surface area contributed by atoms with Gasteiger partial charge in [-0.25, -0.2) is 14.8 Å². The van der Waals surface area contributed by atoms with Crippen molar-refractivity contribution in [3.05, 3.63) is 78.1 Å². The molecule has 0 saturated heterocycles. The first-order valence-electron chi connectivity index (χ1n) is 8.77. The van der Waals surface area contributed by atoms with Crippen LogP contribution in [0.5, 0.6) is 0 Å². The molecule has 0 unspecified atom stereocenters. The average molecular weight is 376 g/mol. The molecule has 0 aliphatic heterocycles. The van der Waals surface area contributed by atoms with Crippen molar-refractivity contribution < 1.29 is 14.3 Å². The van der Waals surface area contributed by atoms with Gasteiger partial charge < -0.3 is 15.0 Å². The lowest BCUT2D eigenvalue weighted by molar-refractivity contribution is 0.0600. The highest BCUT2D eigenvalue weighted by molar-refractivity contribution is 6.03. The van der Waals surface area contributed by atoms with Crippen LogP contribution in [-0.4, -0.2) is 35.5 Å². The summed E-state index contributed by atoms with van der Waals surface area (Å²) < 4.78 is 4.70. The van der Waals surface area contributed by atoms with Crippen LogP contribution in [0, 0.1) is 0 Å². The molecule has 0 atom stereocenters. The van der Waals surface area contributed by atoms with Gasteiger partial charge in [0.05, 0.1) is 12.7 Å². The molecule has 0 aliphatic rings. The van der Waals surface area contributed by atoms with Gasteiger partial charge in [0, 0.05) is 24.1 Å². The van der Waals surface area contributed by atoms with Gasteiger partial charge >= 0.3 is 5.97 Å². The highest BCUT2D eigenvalue weighted by Gasteiger charge is 2.15. The Balaban J connectivity index is 1.82. The van der Waals surface area contributed by atoms with Crippen LogP contribution in [0.4, 0.5) is 17.3 Å². The molecular weight excluding hydrogens is 356 g/mol. The Bertz CT molecular complexity index is 976. The minimum atomic E-state index is -0.470. The summed E-state index contributed by atoms with van der Waals surface area (Å²) in [6, 6.07) is 17.8. The molecule has 3 rings (SSSR count). The van der Waals surface area contributed by atoms with Crippen LogP contribution < -0.4 is 10.2 Å². The Morgan fingerprint density at radius 2 is 1.86 bits per heavy atom. The number of nitrogens with zero attached hydrogens (tertiary/aromatic N) is 3. The maximum Gasteiger partial charge on any atom is 0.337 e. The molecule has 3 aromatic rings. The number of rotatable bonds is 6. The van der Waals surface area contributed by atoms with Gasteiger partial charge in [-0.05, 0) is 43.3 Å². The molecule has 0 radical (unpaired) electrons. The Morgan fingerprint density at radius 1 is 1.07 bits per heavy atom. The molecule has 1 amide bonds. The first kappa shape index (κ1) is 19.0. The van der Waals surface area contributed by atoms with E-state index in [1.54, 1.807) is 36.5 Å². The summed E-state index contributed by atoms with van der Waals surface area (Å²) in [5.41, 5.74) is 1.99. The van der Waals surface area contributed by atoms with Crippen LogP contribution >= 0.6 is 0 Å². The van der Waals surface area contributed by atoms with Gasteiger partial charge in [-0.3, -0.25) is 4.79 Å². The number of hydrogen-bond acceptors (Lipinski definition) is 6. The van der Waals surface area contributed by atoms with Crippen LogP contribution in [0.3, 0.4) is 0 Å². The topological polar surface area (TPSA) is 84.4 Å². The summed E-state index contributed by atoms with van der Waals surface area (Å²) in [5, 5.41) is 2.75. The number of carbonyl (C=O) groups excluding carboxylic acids is 2. The number of ether oxygens (including phenoxy) is 1. The third-order valence-corrected chi connectivity index (χ3v) is 4.04. The second-order valence-corrected chi connectivity index (χ2v) is 5.85. The first-order chi connectivity index (χ1) is 13.6. The lowest BCUT2D eigenvalue weighted by atomic mass is 10.2. The predicted octanol–water partition coefficient (Wildman–Crippen LogP) is 3.67. The summed E-state index contributed by atoms with van der Waals surface area (Å²) >= 11 is 0. The van der Waals surface area contributed by atoms with E-state index in [0.29, 0.717) is 23.7 Å². The number of methoxy groups -OCH3 is 1. The minimum absolute atomic E-state index is 0.225. The lowest BCUT2D eigenvalue weighted by Gasteiger charge is -2.21. The summed E-state index contributed by atoms with van der Waals surface area (Å²) in [6.07, 6.45) is 1.55. The number of esters is 1. The summed E-state index contributed by atoms with van der Waals surface area (Å²) in [5.74, 6) is -0.429. The predicted molar refractivity (Wildman–Crippen MR) is 107 cm³/mol. The van der Waals surface area contributed by atoms with Gasteiger partial charge in [0.1, 0.15) is 5.69 Å². The standard InChI is InChI=1S/C21H20N4O3/c1-3-25(17-10-5-4-6-11-17)21-22-13-12-18(24-21)19(26)23-16-9-7-8-15(14-16)20(27)28-2/h4-14H,3H2,1-2H3,(H,23,26). The highest BCUT2D eigenvalue weighted by Crippen LogP contribution is 2.21. The number of anilines is 3. The number of hydrogen-bond donors (Lipinski definition) is 1. The fraction of sp³-hybridized carbons (Fsp3) is 0.143. The molecule has 28 heavy (non-hydrogen) atoms. The van der Waals surface area contributed by atoms with Crippen LogP contribution in [0.15, 0.2) is 66.9 Å². The third kappa shape index (κ3) is 4.32. The van der Waals surface area contributed by atoms with Crippen LogP contribution in [-0.2, 0) is 4.74 Å². The highest BCUT2D eigenvalue weighted by atomic mass is 16.5. The van der Waals surface area contributed by atoms with Crippen molar-refractivity contribution in [1.82, 2.24) is 9.97 Å². The Morgan fingerprint density at radius 3 is 2.57 bits per heavy atom. The third-order valence-electron chi connectivity index (χ3n) is 4.04. The van der Waals surface area contributed by atoms with Crippen molar-refractivity contribution in [1.29, 1.82) is 0 Å². The molecule has 142 valence electrons. The summed E-state index contributed by atoms with van der Waals surface area (Å²) in [4.78, 5) is 34.9. The molecule has 0 spiro atoms. The van der Waals surface area contributed by atoms with E-state index in [1.807, 2.05) is 42.2 Å². The molecule has 1 heterocycles. The van der Waals surface area contributed by atoms with Gasteiger partial charge in [-0.2, -0.15) is 0 Å². The van der Waals surface area contributed by atoms with Crippen molar-refractivity contribution >= 4 is 29.2 Å². The SMILES string of the molecule is CCN(c1ccccc1)c1nccc(C(=O)Nc2cccc(C(=O)OC)c2)n1. The number of benzene rings is 2. The van der Waals surface area contributed by atoms with Crippen molar-refractivity contribution in [3.63, 3.8) is 0 Å². The first-order valence-corrected chi connectivity index (χ1v) is 8.77. The summed E-state index contributed by atoms with van der Waals surface area (Å²) in [7, 11) is 1.31. The monoisotopic (exact) mass is 376 g/mol. The molecule has 0 fully saturated rings. The van der Waals surface area contributed by atoms with E-state index >= 15 is 0 Å². The molecule has 0 aliphatic carbocycles. The van der Waals surface area contributed by atoms with Gasteiger partial charge in [-0.15, -0.1) is 0 Å². The van der Waals surface area contributed by atoms with Gasteiger partial charge in [0.15, 0.2) is 0 Å². The molecule has 7 nitrogen and oxygen atoms in total. The van der Waals surface area contributed by atoms with Crippen molar-refractivity contribution in [2.45, 2.75) is 6.92 Å². The van der Waals surface area contributed by atoms with E-state index in [1.165, 1.54) is 7.11 Å². The normalized spacial score (nSPS) is 10.2. The second-order valence-electron chi connectivity index (χ2n) is 5.85. The van der Waals surface area contributed by atoms with E-state index < -0.39 is 11.9 Å². The largest absolute Gasteiger partial charge is 0.465 e. The Labute approximate surface area is 163 Å². The van der Waals surface area contributed by atoms with Crippen molar-refractivity contribution in [2.24, 2.45) is 0 Å². The number of aromatic nitrogens is 2. The zero-order chi connectivity index (χ0) is 19.9. The molecule has 0 bridgehead atoms. The van der Waals surface area contributed by atoms with E-state index in [2.05, 4.69) is 15.3 Å². The summed E-state index contributed by atoms with van der Waals surface area (Å²) in [6.45, 7) is 2.64. The Hall–Kier alpha value is -3.74. The molecule has 1 aromatic heterocycles. The van der Waals surface area contributed by atoms with E-state index in [-0.39, 0.29) is 5.69 Å². The van der Waals surface area contributed by atoms with Crippen LogP contribution in [0.25, 0.3) is 0 Å². The van der Waals surface area contributed by atoms with E-state index in [9.17, 15) is 9.59 Å². The fourth-order valence-electron chi connectivity index (χ4n) is 2.69. The smallest absolute Gasteiger partial charge is 0.337 e. The molecule has 0 saturated carbocycles. The zero-order valence-corrected chi connectivity index (χ0v) is 15.6. The van der Waals surface area contributed by atoms with E-state index in [4.69, 9.17) is 4.74 Å². The van der Waals surface area contributed by atoms with Crippen molar-refractivity contribution in [2.75, 3.05) is 23.9 Å². The number of amides is 1. The maximum atomic E-state index is 12.6. The van der Waals surface area contributed by atoms with Crippen LogP contribution in [0.2, 0.25) is 0 Å². The fourth-order valence-corrected chi connectivity index (χ4v) is 2.69. The van der Waals surface area contributed by atoms with Crippen LogP contribution in [0.1, 0.15) is 27.8 Å². The average Bonchev–Trinajstić information content (AvgIpc) is 2.75. The molecular formula is C21H20N4O3. The molecule has 2 aromatic carbocycles. The van der Waals surface area contributed by atoms with Gasteiger partial charge in [0.2, 0.25) is 5.95 Å². The number of carbonyl (C=O) groups is 2. The number of para-hydroxylation sites is 1. The zero-order valence-electron chi connectivity index (χ0n) is 15.6. The van der Waals surface area contributed by atoms with Gasteiger partial charge in [0.25, 0.3) is 5.91 Å². The molecule has 7 heteroatoms. The lowest BCUT2D eigenvalue weighted by Crippen LogP contribution is -2.21. The second kappa shape index (κ2) is 8.77. The number of nitrogens with one attached hydrogen (secondary N) is 1. The minimum Gasteiger partial charge on any atom is -0.465 e.